The highest BCUT2D eigenvalue weighted by atomic mass is 35.5. The van der Waals surface area contributed by atoms with E-state index in [0.717, 1.165) is 11.3 Å². The Kier molecular flexibility index (Phi) is 5.07. The van der Waals surface area contributed by atoms with Crippen molar-refractivity contribution in [3.63, 3.8) is 0 Å². The SMILES string of the molecule is Cc1ccc(SSC2C(=CCl)COc3ccc(C)cc32)cc1. The van der Waals surface area contributed by atoms with Crippen LogP contribution >= 0.6 is 33.2 Å². The Morgan fingerprint density at radius 2 is 1.82 bits per heavy atom. The van der Waals surface area contributed by atoms with Gasteiger partial charge in [-0.3, -0.25) is 0 Å². The predicted molar refractivity (Wildman–Crippen MR) is 98.0 cm³/mol. The summed E-state index contributed by atoms with van der Waals surface area (Å²) in [6.07, 6.45) is 0. The predicted octanol–water partition coefficient (Wildman–Crippen LogP) is 6.30. The zero-order valence-electron chi connectivity index (χ0n) is 12.5. The summed E-state index contributed by atoms with van der Waals surface area (Å²) < 4.78 is 5.80. The van der Waals surface area contributed by atoms with Crippen LogP contribution in [0.15, 0.2) is 58.5 Å². The third-order valence-corrected chi connectivity index (χ3v) is 6.61. The van der Waals surface area contributed by atoms with Crippen molar-refractivity contribution in [2.45, 2.75) is 24.0 Å². The maximum Gasteiger partial charge on any atom is 0.124 e. The van der Waals surface area contributed by atoms with Crippen LogP contribution in [0.1, 0.15) is 21.9 Å². The maximum absolute atomic E-state index is 6.02. The molecule has 2 aromatic rings. The lowest BCUT2D eigenvalue weighted by Crippen LogP contribution is -2.15. The third-order valence-electron chi connectivity index (χ3n) is 3.58. The average molecular weight is 349 g/mol. The minimum atomic E-state index is 0.229. The monoisotopic (exact) mass is 348 g/mol. The molecule has 1 nitrogen and oxygen atoms in total. The van der Waals surface area contributed by atoms with E-state index < -0.39 is 0 Å². The second-order valence-electron chi connectivity index (χ2n) is 5.39. The van der Waals surface area contributed by atoms with Crippen molar-refractivity contribution in [3.05, 3.63) is 70.3 Å². The minimum absolute atomic E-state index is 0.229. The topological polar surface area (TPSA) is 9.23 Å². The molecule has 0 saturated carbocycles. The molecule has 0 radical (unpaired) electrons. The standard InChI is InChI=1S/C18H17ClOS2/c1-12-3-6-15(7-4-12)21-22-18-14(10-19)11-20-17-8-5-13(2)9-16(17)18/h3-10,18H,11H2,1-2H3. The highest BCUT2D eigenvalue weighted by Gasteiger charge is 2.26. The van der Waals surface area contributed by atoms with Gasteiger partial charge in [0, 0.05) is 16.0 Å². The van der Waals surface area contributed by atoms with Gasteiger partial charge in [0.2, 0.25) is 0 Å². The van der Waals surface area contributed by atoms with Crippen LogP contribution in [0.4, 0.5) is 0 Å². The van der Waals surface area contributed by atoms with E-state index >= 15 is 0 Å². The summed E-state index contributed by atoms with van der Waals surface area (Å²) in [5, 5.41) is 0.229. The first-order chi connectivity index (χ1) is 10.7. The molecule has 1 unspecified atom stereocenters. The second-order valence-corrected chi connectivity index (χ2v) is 7.98. The Bertz CT molecular complexity index is 695. The number of hydrogen-bond acceptors (Lipinski definition) is 3. The Morgan fingerprint density at radius 1 is 1.09 bits per heavy atom. The molecule has 114 valence electrons. The fourth-order valence-corrected chi connectivity index (χ4v) is 5.24. The molecule has 1 aliphatic rings. The quantitative estimate of drug-likeness (QED) is 0.602. The van der Waals surface area contributed by atoms with Crippen LogP contribution in [0.5, 0.6) is 5.75 Å². The fraction of sp³-hybridized carbons (Fsp3) is 0.222. The number of halogens is 1. The fourth-order valence-electron chi connectivity index (χ4n) is 2.34. The molecular weight excluding hydrogens is 332 g/mol. The van der Waals surface area contributed by atoms with E-state index in [1.54, 1.807) is 16.3 Å². The van der Waals surface area contributed by atoms with Crippen molar-refractivity contribution < 1.29 is 4.74 Å². The summed E-state index contributed by atoms with van der Waals surface area (Å²) in [4.78, 5) is 1.25. The molecule has 3 rings (SSSR count). The number of fused-ring (bicyclic) bond motifs is 1. The minimum Gasteiger partial charge on any atom is -0.489 e. The Morgan fingerprint density at radius 3 is 2.55 bits per heavy atom. The van der Waals surface area contributed by atoms with Crippen LogP contribution in [-0.2, 0) is 0 Å². The van der Waals surface area contributed by atoms with Gasteiger partial charge in [-0.25, -0.2) is 0 Å². The van der Waals surface area contributed by atoms with Crippen molar-refractivity contribution >= 4 is 33.2 Å². The lowest BCUT2D eigenvalue weighted by Gasteiger charge is -2.27. The molecule has 1 atom stereocenters. The van der Waals surface area contributed by atoms with Crippen LogP contribution in [0.2, 0.25) is 0 Å². The first kappa shape index (κ1) is 15.9. The van der Waals surface area contributed by atoms with Gasteiger partial charge in [0.25, 0.3) is 0 Å². The molecule has 22 heavy (non-hydrogen) atoms. The van der Waals surface area contributed by atoms with Crippen LogP contribution in [0.25, 0.3) is 0 Å². The van der Waals surface area contributed by atoms with E-state index in [1.165, 1.54) is 21.6 Å². The van der Waals surface area contributed by atoms with E-state index in [-0.39, 0.29) is 5.25 Å². The number of ether oxygens (including phenoxy) is 1. The summed E-state index contributed by atoms with van der Waals surface area (Å²) in [7, 11) is 3.61. The molecule has 0 amide bonds. The van der Waals surface area contributed by atoms with E-state index in [4.69, 9.17) is 16.3 Å². The van der Waals surface area contributed by atoms with Crippen LogP contribution in [-0.4, -0.2) is 6.61 Å². The normalized spacial score (nSPS) is 18.9. The van der Waals surface area contributed by atoms with Gasteiger partial charge in [0.15, 0.2) is 0 Å². The van der Waals surface area contributed by atoms with Crippen molar-refractivity contribution in [3.8, 4) is 5.75 Å². The molecule has 0 bridgehead atoms. The zero-order valence-corrected chi connectivity index (χ0v) is 14.9. The molecule has 4 heteroatoms. The van der Waals surface area contributed by atoms with Gasteiger partial charge in [0.05, 0.1) is 5.25 Å². The Labute approximate surface area is 144 Å². The molecule has 0 aromatic heterocycles. The lowest BCUT2D eigenvalue weighted by atomic mass is 10.0. The molecular formula is C18H17ClOS2. The van der Waals surface area contributed by atoms with Crippen molar-refractivity contribution in [2.75, 3.05) is 6.61 Å². The van der Waals surface area contributed by atoms with Gasteiger partial charge in [-0.05, 0) is 37.6 Å². The highest BCUT2D eigenvalue weighted by molar-refractivity contribution is 8.76. The van der Waals surface area contributed by atoms with E-state index in [9.17, 15) is 0 Å². The number of benzene rings is 2. The van der Waals surface area contributed by atoms with Crippen molar-refractivity contribution in [1.82, 2.24) is 0 Å². The largest absolute Gasteiger partial charge is 0.489 e. The van der Waals surface area contributed by atoms with Gasteiger partial charge < -0.3 is 4.74 Å². The van der Waals surface area contributed by atoms with Crippen molar-refractivity contribution in [2.24, 2.45) is 0 Å². The molecule has 1 aliphatic heterocycles. The second kappa shape index (κ2) is 7.03. The molecule has 0 saturated heterocycles. The molecule has 0 spiro atoms. The van der Waals surface area contributed by atoms with Crippen LogP contribution < -0.4 is 4.74 Å². The van der Waals surface area contributed by atoms with E-state index in [2.05, 4.69) is 56.3 Å². The van der Waals surface area contributed by atoms with Gasteiger partial charge in [-0.2, -0.15) is 0 Å². The molecule has 0 fully saturated rings. The summed E-state index contributed by atoms with van der Waals surface area (Å²) >= 11 is 6.02. The summed E-state index contributed by atoms with van der Waals surface area (Å²) in [6.45, 7) is 4.77. The molecule has 0 N–H and O–H groups in total. The van der Waals surface area contributed by atoms with Gasteiger partial charge >= 0.3 is 0 Å². The van der Waals surface area contributed by atoms with Gasteiger partial charge in [-0.15, -0.1) is 0 Å². The van der Waals surface area contributed by atoms with E-state index in [0.29, 0.717) is 6.61 Å². The number of rotatable bonds is 3. The first-order valence-corrected chi connectivity index (χ1v) is 9.75. The summed E-state index contributed by atoms with van der Waals surface area (Å²) in [5.74, 6) is 0.967. The Balaban J connectivity index is 1.84. The molecule has 2 aromatic carbocycles. The zero-order chi connectivity index (χ0) is 15.5. The van der Waals surface area contributed by atoms with Crippen molar-refractivity contribution in [1.29, 1.82) is 0 Å². The number of aryl methyl sites for hydroxylation is 2. The van der Waals surface area contributed by atoms with Gasteiger partial charge in [0.1, 0.15) is 12.4 Å². The summed E-state index contributed by atoms with van der Waals surface area (Å²) in [6, 6.07) is 14.9. The highest BCUT2D eigenvalue weighted by Crippen LogP contribution is 2.51. The molecule has 0 aliphatic carbocycles. The maximum atomic E-state index is 6.02. The summed E-state index contributed by atoms with van der Waals surface area (Å²) in [5.41, 5.74) is 6.51. The van der Waals surface area contributed by atoms with E-state index in [1.807, 2.05) is 10.8 Å². The molecule has 1 heterocycles. The van der Waals surface area contributed by atoms with Gasteiger partial charge in [-0.1, -0.05) is 68.6 Å². The lowest BCUT2D eigenvalue weighted by molar-refractivity contribution is 0.331. The number of hydrogen-bond donors (Lipinski definition) is 0. The third kappa shape index (κ3) is 3.48. The average Bonchev–Trinajstić information content (AvgIpc) is 2.54. The van der Waals surface area contributed by atoms with Crippen LogP contribution in [0, 0.1) is 13.8 Å². The van der Waals surface area contributed by atoms with Crippen LogP contribution in [0.3, 0.4) is 0 Å². The first-order valence-electron chi connectivity index (χ1n) is 7.10. The Hall–Kier alpha value is -1.03. The smallest absolute Gasteiger partial charge is 0.124 e.